The van der Waals surface area contributed by atoms with E-state index in [1.54, 1.807) is 21.3 Å². The van der Waals surface area contributed by atoms with E-state index in [-0.39, 0.29) is 11.3 Å². The largest absolute Gasteiger partial charge is 0.331 e. The zero-order valence-electron chi connectivity index (χ0n) is 17.9. The van der Waals surface area contributed by atoms with Crippen molar-refractivity contribution in [2.24, 2.45) is 5.92 Å². The summed E-state index contributed by atoms with van der Waals surface area (Å²) in [7, 11) is 4.99. The van der Waals surface area contributed by atoms with Gasteiger partial charge in [-0.25, -0.2) is 0 Å². The van der Waals surface area contributed by atoms with E-state index < -0.39 is 5.97 Å². The molecule has 156 valence electrons. The molecule has 4 heteroatoms. The lowest BCUT2D eigenvalue weighted by Crippen LogP contribution is -2.44. The summed E-state index contributed by atoms with van der Waals surface area (Å²) in [5.74, 6) is -0.790. The lowest BCUT2D eigenvalue weighted by Gasteiger charge is -2.36. The van der Waals surface area contributed by atoms with Gasteiger partial charge >= 0.3 is 0 Å². The van der Waals surface area contributed by atoms with Gasteiger partial charge in [-0.15, -0.1) is 11.6 Å². The molecule has 0 aliphatic carbocycles. The molecule has 1 aromatic rings. The Morgan fingerprint density at radius 1 is 0.926 bits per heavy atom. The first-order valence-electron chi connectivity index (χ1n) is 10.4. The summed E-state index contributed by atoms with van der Waals surface area (Å²) in [4.78, 5) is 0. The molecular formula is C23H39ClO3. The van der Waals surface area contributed by atoms with E-state index in [2.05, 4.69) is 38.1 Å². The van der Waals surface area contributed by atoms with Gasteiger partial charge in [-0.05, 0) is 36.8 Å². The summed E-state index contributed by atoms with van der Waals surface area (Å²) in [6.07, 6.45) is 10.1. The molecule has 0 spiro atoms. The van der Waals surface area contributed by atoms with E-state index >= 15 is 0 Å². The van der Waals surface area contributed by atoms with Crippen LogP contribution in [0.25, 0.3) is 0 Å². The van der Waals surface area contributed by atoms with Crippen LogP contribution in [-0.2, 0) is 20.6 Å². The lowest BCUT2D eigenvalue weighted by atomic mass is 9.90. The lowest BCUT2D eigenvalue weighted by molar-refractivity contribution is -0.380. The Morgan fingerprint density at radius 2 is 1.59 bits per heavy atom. The van der Waals surface area contributed by atoms with Gasteiger partial charge in [-0.2, -0.15) is 0 Å². The minimum absolute atomic E-state index is 0.0790. The highest BCUT2D eigenvalue weighted by atomic mass is 35.5. The number of rotatable bonds is 15. The van der Waals surface area contributed by atoms with E-state index in [4.69, 9.17) is 25.8 Å². The topological polar surface area (TPSA) is 27.7 Å². The van der Waals surface area contributed by atoms with Crippen molar-refractivity contribution in [3.8, 4) is 0 Å². The smallest absolute Gasteiger partial charge is 0.285 e. The number of unbranched alkanes of at least 4 members (excludes halogenated alkanes) is 4. The fourth-order valence-electron chi connectivity index (χ4n) is 3.76. The van der Waals surface area contributed by atoms with Crippen molar-refractivity contribution in [1.29, 1.82) is 0 Å². The molecule has 3 nitrogen and oxygen atoms in total. The average Bonchev–Trinajstić information content (AvgIpc) is 2.72. The van der Waals surface area contributed by atoms with Gasteiger partial charge in [0.1, 0.15) is 0 Å². The monoisotopic (exact) mass is 398 g/mol. The van der Waals surface area contributed by atoms with Gasteiger partial charge in [0.05, 0.1) is 5.38 Å². The molecular weight excluding hydrogens is 360 g/mol. The maximum atomic E-state index is 6.42. The van der Waals surface area contributed by atoms with Crippen LogP contribution in [-0.4, -0.2) is 27.3 Å². The molecule has 0 bridgehead atoms. The van der Waals surface area contributed by atoms with Gasteiger partial charge in [0.2, 0.25) is 0 Å². The van der Waals surface area contributed by atoms with Gasteiger partial charge in [-0.1, -0.05) is 70.2 Å². The van der Waals surface area contributed by atoms with E-state index in [0.717, 1.165) is 25.7 Å². The first-order valence-corrected chi connectivity index (χ1v) is 10.9. The Kier molecular flexibility index (Phi) is 12.3. The Balaban J connectivity index is 2.78. The molecule has 1 aromatic carbocycles. The minimum Gasteiger partial charge on any atom is -0.331 e. The molecule has 0 aromatic heterocycles. The van der Waals surface area contributed by atoms with Crippen LogP contribution in [0.3, 0.4) is 0 Å². The van der Waals surface area contributed by atoms with Crippen molar-refractivity contribution in [3.05, 3.63) is 35.4 Å². The van der Waals surface area contributed by atoms with E-state index in [0.29, 0.717) is 0 Å². The second-order valence-corrected chi connectivity index (χ2v) is 7.80. The van der Waals surface area contributed by atoms with Gasteiger partial charge in [-0.3, -0.25) is 0 Å². The molecule has 1 rings (SSSR count). The SMILES string of the molecule is CCCCCCCC(CCc1cccc(C(Cl)CC)c1)C(OC)(OC)OC. The molecule has 0 saturated carbocycles. The van der Waals surface area contributed by atoms with E-state index in [9.17, 15) is 0 Å². The number of methoxy groups -OCH3 is 3. The molecule has 0 amide bonds. The van der Waals surface area contributed by atoms with E-state index in [1.165, 1.54) is 43.2 Å². The predicted molar refractivity (Wildman–Crippen MR) is 114 cm³/mol. The number of alkyl halides is 1. The number of halogens is 1. The summed E-state index contributed by atoms with van der Waals surface area (Å²) in [6.45, 7) is 4.36. The third kappa shape index (κ3) is 7.73. The number of benzene rings is 1. The number of hydrogen-bond acceptors (Lipinski definition) is 3. The fourth-order valence-corrected chi connectivity index (χ4v) is 3.90. The molecule has 27 heavy (non-hydrogen) atoms. The Morgan fingerprint density at radius 3 is 2.19 bits per heavy atom. The second kappa shape index (κ2) is 13.5. The van der Waals surface area contributed by atoms with Crippen LogP contribution >= 0.6 is 11.6 Å². The number of aryl methyl sites for hydroxylation is 1. The maximum absolute atomic E-state index is 6.42. The molecule has 0 saturated heterocycles. The van der Waals surface area contributed by atoms with Gasteiger partial charge < -0.3 is 14.2 Å². The van der Waals surface area contributed by atoms with Crippen LogP contribution in [0.15, 0.2) is 24.3 Å². The summed E-state index contributed by atoms with van der Waals surface area (Å²) in [5.41, 5.74) is 2.50. The highest BCUT2D eigenvalue weighted by molar-refractivity contribution is 6.20. The highest BCUT2D eigenvalue weighted by Gasteiger charge is 2.39. The average molecular weight is 399 g/mol. The Bertz CT molecular complexity index is 494. The molecule has 0 fully saturated rings. The Labute approximate surface area is 171 Å². The van der Waals surface area contributed by atoms with Crippen molar-refractivity contribution in [2.45, 2.75) is 83.0 Å². The zero-order valence-corrected chi connectivity index (χ0v) is 18.7. The predicted octanol–water partition coefficient (Wildman–Crippen LogP) is 6.88. The fraction of sp³-hybridized carbons (Fsp3) is 0.739. The van der Waals surface area contributed by atoms with Crippen LogP contribution in [0.2, 0.25) is 0 Å². The molecule has 2 atom stereocenters. The Hall–Kier alpha value is -0.610. The van der Waals surface area contributed by atoms with Crippen molar-refractivity contribution < 1.29 is 14.2 Å². The minimum atomic E-state index is -0.971. The van der Waals surface area contributed by atoms with Crippen molar-refractivity contribution in [2.75, 3.05) is 21.3 Å². The quantitative estimate of drug-likeness (QED) is 0.183. The molecule has 0 radical (unpaired) electrons. The van der Waals surface area contributed by atoms with Crippen molar-refractivity contribution in [1.82, 2.24) is 0 Å². The molecule has 0 N–H and O–H groups in total. The standard InChI is InChI=1S/C23H39ClO3/c1-6-8-9-10-11-15-21(23(25-3,26-4)27-5)17-16-19-13-12-14-20(18-19)22(24)7-2/h12-14,18,21-22H,6-11,15-17H2,1-5H3. The summed E-state index contributed by atoms with van der Waals surface area (Å²) in [6, 6.07) is 8.62. The van der Waals surface area contributed by atoms with Crippen LogP contribution in [0.5, 0.6) is 0 Å². The van der Waals surface area contributed by atoms with Crippen LogP contribution in [0.4, 0.5) is 0 Å². The summed E-state index contributed by atoms with van der Waals surface area (Å²) in [5, 5.41) is 0.0790. The normalized spacial score (nSPS) is 14.3. The number of ether oxygens (including phenoxy) is 3. The van der Waals surface area contributed by atoms with Gasteiger partial charge in [0.25, 0.3) is 5.97 Å². The summed E-state index contributed by atoms with van der Waals surface area (Å²) >= 11 is 6.42. The first-order chi connectivity index (χ1) is 13.1. The third-order valence-electron chi connectivity index (χ3n) is 5.46. The summed E-state index contributed by atoms with van der Waals surface area (Å²) < 4.78 is 17.0. The first kappa shape index (κ1) is 24.4. The van der Waals surface area contributed by atoms with Crippen molar-refractivity contribution >= 4 is 11.6 Å². The zero-order chi connectivity index (χ0) is 20.1. The molecule has 2 unspecified atom stereocenters. The molecule has 0 aliphatic rings. The second-order valence-electron chi connectivity index (χ2n) is 7.28. The molecule has 0 heterocycles. The maximum Gasteiger partial charge on any atom is 0.285 e. The molecule has 0 aliphatic heterocycles. The van der Waals surface area contributed by atoms with Gasteiger partial charge in [0, 0.05) is 27.2 Å². The van der Waals surface area contributed by atoms with Crippen LogP contribution in [0.1, 0.15) is 81.7 Å². The van der Waals surface area contributed by atoms with Crippen LogP contribution in [0, 0.1) is 5.92 Å². The van der Waals surface area contributed by atoms with Gasteiger partial charge in [0.15, 0.2) is 0 Å². The number of hydrogen-bond donors (Lipinski definition) is 0. The van der Waals surface area contributed by atoms with Crippen LogP contribution < -0.4 is 0 Å². The third-order valence-corrected chi connectivity index (χ3v) is 6.02. The van der Waals surface area contributed by atoms with E-state index in [1.807, 2.05) is 0 Å². The highest BCUT2D eigenvalue weighted by Crippen LogP contribution is 2.33. The van der Waals surface area contributed by atoms with Crippen molar-refractivity contribution in [3.63, 3.8) is 0 Å².